The largest absolute Gasteiger partial charge is 0.454 e. The van der Waals surface area contributed by atoms with Crippen molar-refractivity contribution in [2.24, 2.45) is 12.0 Å². The molecule has 0 saturated carbocycles. The molecule has 6 aromatic rings. The number of carbonyl (C=O) groups is 1. The highest BCUT2D eigenvalue weighted by Gasteiger charge is 2.19. The van der Waals surface area contributed by atoms with Crippen LogP contribution < -0.4 is 15.5 Å². The minimum Gasteiger partial charge on any atom is -0.454 e. The monoisotopic (exact) mass is 630 g/mol. The molecule has 1 N–H and O–H groups in total. The number of ether oxygens (including phenoxy) is 1. The minimum absolute atomic E-state index is 0.162. The van der Waals surface area contributed by atoms with E-state index in [4.69, 9.17) is 21.3 Å². The molecule has 226 valence electrons. The van der Waals surface area contributed by atoms with Crippen molar-refractivity contribution in [1.29, 1.82) is 0 Å². The zero-order valence-corrected chi connectivity index (χ0v) is 25.0. The maximum Gasteiger partial charge on any atom is 0.281 e. The molecule has 0 spiro atoms. The maximum absolute atomic E-state index is 13.4. The highest BCUT2D eigenvalue weighted by Crippen LogP contribution is 2.35. The Balaban J connectivity index is 1.21. The molecule has 0 fully saturated rings. The van der Waals surface area contributed by atoms with Gasteiger partial charge < -0.3 is 10.1 Å². The zero-order chi connectivity index (χ0) is 32.0. The summed E-state index contributed by atoms with van der Waals surface area (Å²) in [5.41, 5.74) is 2.21. The van der Waals surface area contributed by atoms with Crippen LogP contribution in [-0.2, 0) is 7.05 Å². The van der Waals surface area contributed by atoms with Gasteiger partial charge in [0.25, 0.3) is 5.91 Å². The first kappa shape index (κ1) is 30.0. The van der Waals surface area contributed by atoms with E-state index in [1.165, 1.54) is 47.4 Å². The number of pyridine rings is 2. The average molecular weight is 631 g/mol. The van der Waals surface area contributed by atoms with Crippen molar-refractivity contribution >= 4 is 34.9 Å². The molecular weight excluding hydrogens is 607 g/mol. The highest BCUT2D eigenvalue weighted by molar-refractivity contribution is 6.34. The molecule has 0 atom stereocenters. The van der Waals surface area contributed by atoms with Crippen LogP contribution in [0.4, 0.5) is 16.0 Å². The van der Waals surface area contributed by atoms with Gasteiger partial charge in [0.15, 0.2) is 17.3 Å². The quantitative estimate of drug-likeness (QED) is 0.177. The van der Waals surface area contributed by atoms with Crippen molar-refractivity contribution in [1.82, 2.24) is 19.7 Å². The number of aryl methyl sites for hydroxylation is 1. The minimum atomic E-state index is -0.752. The lowest BCUT2D eigenvalue weighted by Gasteiger charge is -2.11. The van der Waals surface area contributed by atoms with Crippen LogP contribution in [0.25, 0.3) is 11.1 Å². The van der Waals surface area contributed by atoms with E-state index in [0.717, 1.165) is 11.1 Å². The second-order valence-corrected chi connectivity index (χ2v) is 10.4. The van der Waals surface area contributed by atoms with Gasteiger partial charge in [0.1, 0.15) is 22.4 Å². The third-order valence-corrected chi connectivity index (χ3v) is 7.11. The van der Waals surface area contributed by atoms with Gasteiger partial charge in [-0.3, -0.25) is 14.3 Å². The van der Waals surface area contributed by atoms with E-state index in [9.17, 15) is 14.0 Å². The molecule has 3 aromatic carbocycles. The SMILES string of the molecule is Cn1cc(-c2ccc(F)cc2)c(=O)c(C(=O)Nc2ccc(Oc3ccnc(N=C(c4ccccc4)c4ccccc4)c3Cl)cn2)n1. The molecule has 1 amide bonds. The zero-order valence-electron chi connectivity index (χ0n) is 24.3. The van der Waals surface area contributed by atoms with Crippen molar-refractivity contribution in [2.75, 3.05) is 5.32 Å². The summed E-state index contributed by atoms with van der Waals surface area (Å²) in [5.74, 6) is -0.116. The van der Waals surface area contributed by atoms with Gasteiger partial charge in [-0.2, -0.15) is 5.10 Å². The molecule has 0 bridgehead atoms. The van der Waals surface area contributed by atoms with Crippen molar-refractivity contribution < 1.29 is 13.9 Å². The Morgan fingerprint density at radius 2 is 1.57 bits per heavy atom. The summed E-state index contributed by atoms with van der Waals surface area (Å²) in [6.07, 6.45) is 4.42. The summed E-state index contributed by atoms with van der Waals surface area (Å²) < 4.78 is 20.7. The van der Waals surface area contributed by atoms with Gasteiger partial charge in [-0.25, -0.2) is 19.4 Å². The van der Waals surface area contributed by atoms with Gasteiger partial charge in [-0.05, 0) is 29.8 Å². The van der Waals surface area contributed by atoms with E-state index in [2.05, 4.69) is 20.4 Å². The normalized spacial score (nSPS) is 10.7. The number of benzene rings is 3. The molecule has 46 heavy (non-hydrogen) atoms. The Morgan fingerprint density at radius 1 is 0.891 bits per heavy atom. The van der Waals surface area contributed by atoms with Crippen LogP contribution in [0.15, 0.2) is 132 Å². The van der Waals surface area contributed by atoms with Crippen LogP contribution in [0.1, 0.15) is 21.6 Å². The van der Waals surface area contributed by atoms with Gasteiger partial charge in [0, 0.05) is 42.2 Å². The van der Waals surface area contributed by atoms with Gasteiger partial charge >= 0.3 is 0 Å². The number of nitrogens with zero attached hydrogens (tertiary/aromatic N) is 5. The van der Waals surface area contributed by atoms with Gasteiger partial charge in [-0.15, -0.1) is 0 Å². The molecule has 0 radical (unpaired) electrons. The third kappa shape index (κ3) is 6.72. The third-order valence-electron chi connectivity index (χ3n) is 6.76. The van der Waals surface area contributed by atoms with Crippen LogP contribution in [0.3, 0.4) is 0 Å². The lowest BCUT2D eigenvalue weighted by molar-refractivity contribution is 0.101. The number of rotatable bonds is 8. The van der Waals surface area contributed by atoms with Crippen molar-refractivity contribution in [3.8, 4) is 22.6 Å². The van der Waals surface area contributed by atoms with Crippen molar-refractivity contribution in [3.05, 3.63) is 160 Å². The topological polar surface area (TPSA) is 111 Å². The fourth-order valence-corrected chi connectivity index (χ4v) is 4.76. The first-order valence-corrected chi connectivity index (χ1v) is 14.4. The van der Waals surface area contributed by atoms with Crippen LogP contribution in [0.5, 0.6) is 11.5 Å². The van der Waals surface area contributed by atoms with E-state index in [1.54, 1.807) is 25.4 Å². The number of hydrogen-bond acceptors (Lipinski definition) is 7. The standard InChI is InChI=1S/C35H24ClFN6O3/c1-43-21-27(22-12-14-25(37)15-13-22)33(44)32(42-43)35(45)40-29-17-16-26(20-39-29)46-28-18-19-38-34(30(28)36)41-31(23-8-4-2-5-9-23)24-10-6-3-7-11-24/h2-21H,1H3,(H,39,40,45). The maximum atomic E-state index is 13.4. The summed E-state index contributed by atoms with van der Waals surface area (Å²) >= 11 is 6.71. The van der Waals surface area contributed by atoms with E-state index in [-0.39, 0.29) is 27.9 Å². The van der Waals surface area contributed by atoms with Gasteiger partial charge in [0.05, 0.1) is 11.9 Å². The number of amides is 1. The van der Waals surface area contributed by atoms with Gasteiger partial charge in [0.2, 0.25) is 5.43 Å². The number of aromatic nitrogens is 4. The number of aliphatic imine (C=N–C) groups is 1. The number of nitrogens with one attached hydrogen (secondary N) is 1. The highest BCUT2D eigenvalue weighted by atomic mass is 35.5. The van der Waals surface area contributed by atoms with E-state index in [0.29, 0.717) is 22.8 Å². The van der Waals surface area contributed by atoms with E-state index >= 15 is 0 Å². The molecule has 3 heterocycles. The Kier molecular flexibility index (Phi) is 8.71. The second-order valence-electron chi connectivity index (χ2n) is 9.98. The van der Waals surface area contributed by atoms with Crippen molar-refractivity contribution in [3.63, 3.8) is 0 Å². The number of carbonyl (C=O) groups excluding carboxylic acids is 1. The molecule has 9 nitrogen and oxygen atoms in total. The second kappa shape index (κ2) is 13.3. The van der Waals surface area contributed by atoms with E-state index < -0.39 is 17.2 Å². The fourth-order valence-electron chi connectivity index (χ4n) is 4.57. The van der Waals surface area contributed by atoms with Gasteiger partial charge in [-0.1, -0.05) is 84.4 Å². The molecule has 6 rings (SSSR count). The molecular formula is C35H24ClFN6O3. The Labute approximate surface area is 267 Å². The molecule has 0 aliphatic rings. The van der Waals surface area contributed by atoms with Crippen molar-refractivity contribution in [2.45, 2.75) is 0 Å². The molecule has 0 unspecified atom stereocenters. The van der Waals surface area contributed by atoms with E-state index in [1.807, 2.05) is 60.7 Å². The predicted octanol–water partition coefficient (Wildman–Crippen LogP) is 7.24. The molecule has 0 saturated heterocycles. The number of anilines is 1. The average Bonchev–Trinajstić information content (AvgIpc) is 3.08. The lowest BCUT2D eigenvalue weighted by Crippen LogP contribution is -2.27. The molecule has 0 aliphatic carbocycles. The first-order valence-electron chi connectivity index (χ1n) is 14.0. The predicted molar refractivity (Wildman–Crippen MR) is 175 cm³/mol. The summed E-state index contributed by atoms with van der Waals surface area (Å²) in [6.45, 7) is 0. The molecule has 0 aliphatic heterocycles. The Hall–Kier alpha value is -6.00. The van der Waals surface area contributed by atoms with Crippen LogP contribution in [0, 0.1) is 5.82 Å². The molecule has 3 aromatic heterocycles. The first-order chi connectivity index (χ1) is 22.4. The summed E-state index contributed by atoms with van der Waals surface area (Å²) in [5, 5.41) is 6.84. The Bertz CT molecular complexity index is 2060. The Morgan fingerprint density at radius 3 is 2.20 bits per heavy atom. The fraction of sp³-hybridized carbons (Fsp3) is 0.0286. The molecule has 11 heteroatoms. The summed E-state index contributed by atoms with van der Waals surface area (Å²) in [7, 11) is 1.58. The van der Waals surface area contributed by atoms with Crippen LogP contribution in [0.2, 0.25) is 5.02 Å². The number of hydrogen-bond donors (Lipinski definition) is 1. The van der Waals surface area contributed by atoms with Crippen LogP contribution >= 0.6 is 11.6 Å². The summed E-state index contributed by atoms with van der Waals surface area (Å²) in [6, 6.07) is 29.5. The lowest BCUT2D eigenvalue weighted by atomic mass is 10.0. The van der Waals surface area contributed by atoms with Crippen LogP contribution in [-0.4, -0.2) is 31.4 Å². The summed E-state index contributed by atoms with van der Waals surface area (Å²) in [4.78, 5) is 39.5. The number of halogens is 2. The smallest absolute Gasteiger partial charge is 0.281 e.